The summed E-state index contributed by atoms with van der Waals surface area (Å²) in [6.45, 7) is 4.37. The molecule has 2 nitrogen and oxygen atoms in total. The molecular weight excluding hydrogens is 176 g/mol. The summed E-state index contributed by atoms with van der Waals surface area (Å²) in [6, 6.07) is 6.20. The van der Waals surface area contributed by atoms with E-state index in [1.165, 1.54) is 5.56 Å². The van der Waals surface area contributed by atoms with Crippen LogP contribution >= 0.6 is 0 Å². The lowest BCUT2D eigenvalue weighted by Gasteiger charge is -2.12. The lowest BCUT2D eigenvalue weighted by atomic mass is 9.97. The van der Waals surface area contributed by atoms with E-state index in [1.54, 1.807) is 7.11 Å². The Morgan fingerprint density at radius 1 is 1.43 bits per heavy atom. The van der Waals surface area contributed by atoms with Gasteiger partial charge in [0.15, 0.2) is 0 Å². The number of hydrogen-bond acceptors (Lipinski definition) is 2. The molecule has 2 heteroatoms. The molecule has 0 fully saturated rings. The van der Waals surface area contributed by atoms with Gasteiger partial charge in [0.05, 0.1) is 7.11 Å². The molecular formula is C12H18O2. The quantitative estimate of drug-likeness (QED) is 0.798. The molecule has 0 amide bonds. The number of hydrogen-bond donors (Lipinski definition) is 1. The van der Waals surface area contributed by atoms with Crippen molar-refractivity contribution in [3.63, 3.8) is 0 Å². The second kappa shape index (κ2) is 5.01. The molecule has 0 aliphatic carbocycles. The van der Waals surface area contributed by atoms with Gasteiger partial charge in [-0.2, -0.15) is 0 Å². The van der Waals surface area contributed by atoms with Crippen molar-refractivity contribution in [3.05, 3.63) is 29.3 Å². The molecule has 78 valence electrons. The van der Waals surface area contributed by atoms with Gasteiger partial charge in [0.1, 0.15) is 5.75 Å². The molecule has 0 radical (unpaired) electrons. The molecule has 0 spiro atoms. The Balaban J connectivity index is 2.88. The fraction of sp³-hybridized carbons (Fsp3) is 0.500. The van der Waals surface area contributed by atoms with Crippen LogP contribution < -0.4 is 4.74 Å². The van der Waals surface area contributed by atoms with Crippen molar-refractivity contribution in [2.75, 3.05) is 13.7 Å². The van der Waals surface area contributed by atoms with Gasteiger partial charge in [-0.1, -0.05) is 19.1 Å². The highest BCUT2D eigenvalue weighted by Gasteiger charge is 2.07. The van der Waals surface area contributed by atoms with Gasteiger partial charge in [0.2, 0.25) is 0 Å². The van der Waals surface area contributed by atoms with Gasteiger partial charge in [-0.05, 0) is 36.5 Å². The number of aryl methyl sites for hydroxylation is 1. The first-order valence-electron chi connectivity index (χ1n) is 4.94. The van der Waals surface area contributed by atoms with Crippen molar-refractivity contribution in [1.82, 2.24) is 0 Å². The maximum atomic E-state index is 8.85. The Labute approximate surface area is 85.5 Å². The van der Waals surface area contributed by atoms with Crippen LogP contribution in [0.4, 0.5) is 0 Å². The predicted octanol–water partition coefficient (Wildman–Crippen LogP) is 2.49. The zero-order valence-corrected chi connectivity index (χ0v) is 9.08. The minimum Gasteiger partial charge on any atom is -0.496 e. The number of rotatable bonds is 4. The molecule has 0 bridgehead atoms. The van der Waals surface area contributed by atoms with Gasteiger partial charge in [0.25, 0.3) is 0 Å². The first kappa shape index (κ1) is 11.1. The Morgan fingerprint density at radius 3 is 2.71 bits per heavy atom. The molecule has 0 saturated heterocycles. The topological polar surface area (TPSA) is 29.5 Å². The summed E-state index contributed by atoms with van der Waals surface area (Å²) >= 11 is 0. The van der Waals surface area contributed by atoms with Crippen LogP contribution in [0.3, 0.4) is 0 Å². The molecule has 0 unspecified atom stereocenters. The minimum absolute atomic E-state index is 0.233. The first-order chi connectivity index (χ1) is 6.69. The van der Waals surface area contributed by atoms with E-state index in [-0.39, 0.29) is 6.61 Å². The van der Waals surface area contributed by atoms with Gasteiger partial charge in [-0.15, -0.1) is 0 Å². The maximum absolute atomic E-state index is 8.85. The van der Waals surface area contributed by atoms with Gasteiger partial charge >= 0.3 is 0 Å². The lowest BCUT2D eigenvalue weighted by molar-refractivity contribution is 0.278. The molecule has 0 saturated carbocycles. The van der Waals surface area contributed by atoms with Crippen LogP contribution in [0, 0.1) is 6.92 Å². The summed E-state index contributed by atoms with van der Waals surface area (Å²) in [7, 11) is 1.68. The molecule has 1 N–H and O–H groups in total. The molecule has 1 rings (SSSR count). The third-order valence-electron chi connectivity index (χ3n) is 2.56. The molecule has 0 aromatic heterocycles. The number of methoxy groups -OCH3 is 1. The van der Waals surface area contributed by atoms with E-state index in [4.69, 9.17) is 9.84 Å². The van der Waals surface area contributed by atoms with Crippen LogP contribution in [0.25, 0.3) is 0 Å². The Hall–Kier alpha value is -1.02. The van der Waals surface area contributed by atoms with Gasteiger partial charge < -0.3 is 9.84 Å². The summed E-state index contributed by atoms with van der Waals surface area (Å²) in [5, 5.41) is 8.85. The highest BCUT2D eigenvalue weighted by Crippen LogP contribution is 2.25. The van der Waals surface area contributed by atoms with E-state index < -0.39 is 0 Å². The van der Waals surface area contributed by atoms with E-state index in [0.717, 1.165) is 17.7 Å². The largest absolute Gasteiger partial charge is 0.496 e. The third kappa shape index (κ3) is 2.48. The van der Waals surface area contributed by atoms with Crippen molar-refractivity contribution in [3.8, 4) is 5.75 Å². The molecule has 1 aromatic carbocycles. The summed E-state index contributed by atoms with van der Waals surface area (Å²) in [5.74, 6) is 1.31. The van der Waals surface area contributed by atoms with E-state index in [0.29, 0.717) is 5.92 Å². The van der Waals surface area contributed by atoms with Gasteiger partial charge in [-0.3, -0.25) is 0 Å². The lowest BCUT2D eigenvalue weighted by Crippen LogP contribution is -1.98. The second-order valence-corrected chi connectivity index (χ2v) is 3.64. The summed E-state index contributed by atoms with van der Waals surface area (Å²) in [5.41, 5.74) is 2.37. The molecule has 0 heterocycles. The van der Waals surface area contributed by atoms with Gasteiger partial charge in [-0.25, -0.2) is 0 Å². The average Bonchev–Trinajstić information content (AvgIpc) is 2.19. The zero-order chi connectivity index (χ0) is 10.6. The monoisotopic (exact) mass is 194 g/mol. The smallest absolute Gasteiger partial charge is 0.122 e. The third-order valence-corrected chi connectivity index (χ3v) is 2.56. The number of benzene rings is 1. The summed E-state index contributed by atoms with van der Waals surface area (Å²) in [6.07, 6.45) is 0.798. The predicted molar refractivity (Wildman–Crippen MR) is 57.8 cm³/mol. The highest BCUT2D eigenvalue weighted by molar-refractivity contribution is 5.37. The SMILES string of the molecule is COc1cc([C@H](C)CCO)ccc1C. The van der Waals surface area contributed by atoms with Crippen LogP contribution in [0.2, 0.25) is 0 Å². The van der Waals surface area contributed by atoms with Gasteiger partial charge in [0, 0.05) is 6.61 Å². The Morgan fingerprint density at radius 2 is 2.14 bits per heavy atom. The first-order valence-corrected chi connectivity index (χ1v) is 4.94. The van der Waals surface area contributed by atoms with Crippen molar-refractivity contribution < 1.29 is 9.84 Å². The normalized spacial score (nSPS) is 12.6. The summed E-state index contributed by atoms with van der Waals surface area (Å²) < 4.78 is 5.25. The molecule has 1 atom stereocenters. The standard InChI is InChI=1S/C12H18O2/c1-9(6-7-13)11-5-4-10(2)12(8-11)14-3/h4-5,8-9,13H,6-7H2,1-3H3/t9-/m1/s1. The number of ether oxygens (including phenoxy) is 1. The van der Waals surface area contributed by atoms with E-state index >= 15 is 0 Å². The minimum atomic E-state index is 0.233. The summed E-state index contributed by atoms with van der Waals surface area (Å²) in [4.78, 5) is 0. The van der Waals surface area contributed by atoms with Crippen molar-refractivity contribution >= 4 is 0 Å². The van der Waals surface area contributed by atoms with Crippen LogP contribution in [0.5, 0.6) is 5.75 Å². The van der Waals surface area contributed by atoms with Crippen molar-refractivity contribution in [1.29, 1.82) is 0 Å². The Bertz CT molecular complexity index is 294. The van der Waals surface area contributed by atoms with Crippen LogP contribution in [0.15, 0.2) is 18.2 Å². The van der Waals surface area contributed by atoms with Crippen LogP contribution in [-0.2, 0) is 0 Å². The van der Waals surface area contributed by atoms with Crippen LogP contribution in [0.1, 0.15) is 30.4 Å². The molecule has 0 aliphatic rings. The number of aliphatic hydroxyl groups excluding tert-OH is 1. The average molecular weight is 194 g/mol. The molecule has 1 aromatic rings. The number of aliphatic hydroxyl groups is 1. The zero-order valence-electron chi connectivity index (χ0n) is 9.08. The van der Waals surface area contributed by atoms with Crippen molar-refractivity contribution in [2.45, 2.75) is 26.2 Å². The molecule has 14 heavy (non-hydrogen) atoms. The highest BCUT2D eigenvalue weighted by atomic mass is 16.5. The fourth-order valence-electron chi connectivity index (χ4n) is 1.50. The van der Waals surface area contributed by atoms with E-state index in [9.17, 15) is 0 Å². The van der Waals surface area contributed by atoms with Crippen molar-refractivity contribution in [2.24, 2.45) is 0 Å². The molecule has 0 aliphatic heterocycles. The van der Waals surface area contributed by atoms with E-state index in [1.807, 2.05) is 6.92 Å². The van der Waals surface area contributed by atoms with E-state index in [2.05, 4.69) is 25.1 Å². The second-order valence-electron chi connectivity index (χ2n) is 3.64. The Kier molecular flexibility index (Phi) is 3.96. The van der Waals surface area contributed by atoms with Crippen LogP contribution in [-0.4, -0.2) is 18.8 Å². The fourth-order valence-corrected chi connectivity index (χ4v) is 1.50. The maximum Gasteiger partial charge on any atom is 0.122 e.